The molecule has 0 saturated carbocycles. The predicted molar refractivity (Wildman–Crippen MR) is 96.2 cm³/mol. The first-order valence-corrected chi connectivity index (χ1v) is 10.00. The highest BCUT2D eigenvalue weighted by atomic mass is 32.2. The largest absolute Gasteiger partial charge is 0.340 e. The maximum Gasteiger partial charge on any atom is 0.243 e. The van der Waals surface area contributed by atoms with Crippen LogP contribution in [0, 0.1) is 11.6 Å². The zero-order valence-corrected chi connectivity index (χ0v) is 15.6. The molecule has 1 unspecified atom stereocenters. The van der Waals surface area contributed by atoms with Crippen molar-refractivity contribution in [2.24, 2.45) is 0 Å². The average Bonchev–Trinajstić information content (AvgIpc) is 3.12. The van der Waals surface area contributed by atoms with E-state index < -0.39 is 27.7 Å². The van der Waals surface area contributed by atoms with Crippen LogP contribution in [0.1, 0.15) is 18.4 Å². The molecule has 2 aromatic rings. The van der Waals surface area contributed by atoms with Crippen molar-refractivity contribution >= 4 is 15.9 Å². The van der Waals surface area contributed by atoms with Crippen molar-refractivity contribution in [3.05, 3.63) is 65.7 Å². The summed E-state index contributed by atoms with van der Waals surface area (Å²) in [7, 11) is -2.34. The second-order valence-electron chi connectivity index (χ2n) is 6.55. The molecule has 0 radical (unpaired) electrons. The number of carbonyl (C=O) groups is 1. The van der Waals surface area contributed by atoms with Gasteiger partial charge in [0, 0.05) is 20.1 Å². The van der Waals surface area contributed by atoms with Crippen LogP contribution in [0.5, 0.6) is 0 Å². The number of likely N-dealkylation sites (N-methyl/N-ethyl adjacent to an activating group) is 1. The second-order valence-corrected chi connectivity index (χ2v) is 8.44. The molecule has 27 heavy (non-hydrogen) atoms. The zero-order valence-electron chi connectivity index (χ0n) is 14.8. The Bertz CT molecular complexity index is 932. The molecule has 1 amide bonds. The number of hydrogen-bond acceptors (Lipinski definition) is 3. The van der Waals surface area contributed by atoms with Crippen molar-refractivity contribution < 1.29 is 22.0 Å². The molecule has 1 saturated heterocycles. The van der Waals surface area contributed by atoms with Crippen LogP contribution in [0.2, 0.25) is 0 Å². The molecular formula is C19H20F2N2O3S. The lowest BCUT2D eigenvalue weighted by molar-refractivity contribution is -0.133. The number of halogens is 2. The molecule has 0 N–H and O–H groups in total. The minimum absolute atomic E-state index is 0.0450. The van der Waals surface area contributed by atoms with Gasteiger partial charge in [0.2, 0.25) is 15.9 Å². The van der Waals surface area contributed by atoms with Crippen LogP contribution >= 0.6 is 0 Å². The molecule has 0 aliphatic carbocycles. The van der Waals surface area contributed by atoms with Crippen molar-refractivity contribution in [2.75, 3.05) is 13.6 Å². The van der Waals surface area contributed by atoms with Crippen LogP contribution < -0.4 is 0 Å². The van der Waals surface area contributed by atoms with E-state index in [0.717, 1.165) is 12.1 Å². The van der Waals surface area contributed by atoms with Crippen molar-refractivity contribution in [1.29, 1.82) is 0 Å². The summed E-state index contributed by atoms with van der Waals surface area (Å²) < 4.78 is 53.3. The first kappa shape index (κ1) is 19.4. The number of benzene rings is 2. The molecule has 1 aliphatic heterocycles. The van der Waals surface area contributed by atoms with Gasteiger partial charge in [-0.25, -0.2) is 17.2 Å². The van der Waals surface area contributed by atoms with Gasteiger partial charge in [0.05, 0.1) is 4.90 Å². The van der Waals surface area contributed by atoms with Crippen LogP contribution in [0.3, 0.4) is 0 Å². The van der Waals surface area contributed by atoms with Gasteiger partial charge in [0.15, 0.2) is 0 Å². The van der Waals surface area contributed by atoms with Gasteiger partial charge in [-0.05, 0) is 54.8 Å². The summed E-state index contributed by atoms with van der Waals surface area (Å²) in [5, 5.41) is 0. The fourth-order valence-corrected chi connectivity index (χ4v) is 4.91. The third-order valence-electron chi connectivity index (χ3n) is 4.59. The Morgan fingerprint density at radius 2 is 1.85 bits per heavy atom. The van der Waals surface area contributed by atoms with E-state index in [1.807, 2.05) is 0 Å². The van der Waals surface area contributed by atoms with Crippen LogP contribution in [-0.4, -0.2) is 43.2 Å². The summed E-state index contributed by atoms with van der Waals surface area (Å²) >= 11 is 0. The van der Waals surface area contributed by atoms with Gasteiger partial charge in [0.25, 0.3) is 0 Å². The van der Waals surface area contributed by atoms with Gasteiger partial charge in [0.1, 0.15) is 17.7 Å². The lowest BCUT2D eigenvalue weighted by Gasteiger charge is -2.27. The van der Waals surface area contributed by atoms with E-state index in [-0.39, 0.29) is 23.9 Å². The van der Waals surface area contributed by atoms with Crippen LogP contribution in [0.15, 0.2) is 53.4 Å². The summed E-state index contributed by atoms with van der Waals surface area (Å²) in [6, 6.07) is 9.65. The molecule has 5 nitrogen and oxygen atoms in total. The Labute approximate surface area is 157 Å². The van der Waals surface area contributed by atoms with E-state index in [1.165, 1.54) is 33.5 Å². The number of amides is 1. The maximum absolute atomic E-state index is 13.3. The molecule has 1 heterocycles. The molecule has 0 bridgehead atoms. The molecule has 1 atom stereocenters. The number of nitrogens with zero attached hydrogens (tertiary/aromatic N) is 2. The Kier molecular flexibility index (Phi) is 5.57. The smallest absolute Gasteiger partial charge is 0.243 e. The summed E-state index contributed by atoms with van der Waals surface area (Å²) in [5.41, 5.74) is 0.622. The van der Waals surface area contributed by atoms with E-state index >= 15 is 0 Å². The Hall–Kier alpha value is -2.32. The normalized spacial score (nSPS) is 17.8. The number of sulfonamides is 1. The maximum atomic E-state index is 13.3. The highest BCUT2D eigenvalue weighted by molar-refractivity contribution is 7.89. The first-order valence-electron chi connectivity index (χ1n) is 8.56. The number of rotatable bonds is 5. The third kappa shape index (κ3) is 4.17. The first-order chi connectivity index (χ1) is 12.8. The fourth-order valence-electron chi connectivity index (χ4n) is 3.26. The summed E-state index contributed by atoms with van der Waals surface area (Å²) in [6.07, 6.45) is 0.970. The lowest BCUT2D eigenvalue weighted by atomic mass is 10.1. The van der Waals surface area contributed by atoms with Crippen molar-refractivity contribution in [3.63, 3.8) is 0 Å². The van der Waals surface area contributed by atoms with Crippen molar-refractivity contribution in [3.8, 4) is 0 Å². The Morgan fingerprint density at radius 1 is 1.15 bits per heavy atom. The van der Waals surface area contributed by atoms with E-state index in [1.54, 1.807) is 19.2 Å². The van der Waals surface area contributed by atoms with E-state index in [4.69, 9.17) is 0 Å². The number of hydrogen-bond donors (Lipinski definition) is 0. The highest BCUT2D eigenvalue weighted by Crippen LogP contribution is 2.27. The molecule has 0 aromatic heterocycles. The third-order valence-corrected chi connectivity index (χ3v) is 6.52. The van der Waals surface area contributed by atoms with Gasteiger partial charge in [-0.2, -0.15) is 4.31 Å². The standard InChI is InChI=1S/C19H20F2N2O3S/c1-22(13-14-4-2-5-16(21)12-14)19(24)18-6-3-11-23(18)27(25,26)17-9-7-15(20)8-10-17/h2,4-5,7-10,12,18H,3,6,11,13H2,1H3. The molecule has 0 spiro atoms. The monoisotopic (exact) mass is 394 g/mol. The quantitative estimate of drug-likeness (QED) is 0.784. The lowest BCUT2D eigenvalue weighted by Crippen LogP contribution is -2.46. The highest BCUT2D eigenvalue weighted by Gasteiger charge is 2.40. The van der Waals surface area contributed by atoms with Gasteiger partial charge in [-0.3, -0.25) is 4.79 Å². The van der Waals surface area contributed by atoms with Crippen LogP contribution in [-0.2, 0) is 21.4 Å². The Morgan fingerprint density at radius 3 is 2.52 bits per heavy atom. The second kappa shape index (κ2) is 7.74. The van der Waals surface area contributed by atoms with Crippen molar-refractivity contribution in [1.82, 2.24) is 9.21 Å². The SMILES string of the molecule is CN(Cc1cccc(F)c1)C(=O)C1CCCN1S(=O)(=O)c1ccc(F)cc1. The Balaban J connectivity index is 1.78. The molecular weight excluding hydrogens is 374 g/mol. The minimum atomic E-state index is -3.90. The van der Waals surface area contributed by atoms with E-state index in [0.29, 0.717) is 18.4 Å². The van der Waals surface area contributed by atoms with E-state index in [9.17, 15) is 22.0 Å². The summed E-state index contributed by atoms with van der Waals surface area (Å²) in [4.78, 5) is 14.2. The molecule has 1 fully saturated rings. The molecule has 2 aromatic carbocycles. The predicted octanol–water partition coefficient (Wildman–Crippen LogP) is 2.78. The zero-order chi connectivity index (χ0) is 19.6. The molecule has 144 valence electrons. The van der Waals surface area contributed by atoms with Crippen LogP contribution in [0.25, 0.3) is 0 Å². The molecule has 1 aliphatic rings. The average molecular weight is 394 g/mol. The van der Waals surface area contributed by atoms with Crippen molar-refractivity contribution in [2.45, 2.75) is 30.3 Å². The topological polar surface area (TPSA) is 57.7 Å². The van der Waals surface area contributed by atoms with Gasteiger partial charge < -0.3 is 4.90 Å². The fraction of sp³-hybridized carbons (Fsp3) is 0.316. The van der Waals surface area contributed by atoms with E-state index in [2.05, 4.69) is 0 Å². The molecule has 8 heteroatoms. The van der Waals surface area contributed by atoms with Gasteiger partial charge >= 0.3 is 0 Å². The molecule has 3 rings (SSSR count). The summed E-state index contributed by atoms with van der Waals surface area (Å²) in [5.74, 6) is -1.27. The van der Waals surface area contributed by atoms with Gasteiger partial charge in [-0.15, -0.1) is 0 Å². The van der Waals surface area contributed by atoms with Crippen LogP contribution in [0.4, 0.5) is 8.78 Å². The minimum Gasteiger partial charge on any atom is -0.340 e. The number of carbonyl (C=O) groups excluding carboxylic acids is 1. The summed E-state index contributed by atoms with van der Waals surface area (Å²) in [6.45, 7) is 0.404. The van der Waals surface area contributed by atoms with Gasteiger partial charge in [-0.1, -0.05) is 12.1 Å².